The predicted molar refractivity (Wildman–Crippen MR) is 66.4 cm³/mol. The highest BCUT2D eigenvalue weighted by Gasteiger charge is 2.21. The van der Waals surface area contributed by atoms with Crippen LogP contribution in [0.5, 0.6) is 0 Å². The fourth-order valence-corrected chi connectivity index (χ4v) is 1.49. The summed E-state index contributed by atoms with van der Waals surface area (Å²) in [5.41, 5.74) is 6.13. The topological polar surface area (TPSA) is 52.9 Å². The van der Waals surface area contributed by atoms with E-state index in [1.807, 2.05) is 12.4 Å². The van der Waals surface area contributed by atoms with Crippen molar-refractivity contribution in [3.05, 3.63) is 22.9 Å². The van der Waals surface area contributed by atoms with Gasteiger partial charge in [0, 0.05) is 31.5 Å². The second-order valence-electron chi connectivity index (χ2n) is 5.40. The van der Waals surface area contributed by atoms with Crippen molar-refractivity contribution in [1.82, 2.24) is 9.13 Å². The lowest BCUT2D eigenvalue weighted by atomic mass is 9.87. The molecular formula is C12H23N3O. The molecule has 1 aromatic rings. The zero-order valence-electron chi connectivity index (χ0n) is 10.7. The van der Waals surface area contributed by atoms with E-state index in [1.165, 1.54) is 0 Å². The van der Waals surface area contributed by atoms with Crippen LogP contribution in [0.1, 0.15) is 34.1 Å². The average Bonchev–Trinajstić information content (AvgIpc) is 2.49. The molecule has 1 unspecified atom stereocenters. The number of aryl methyl sites for hydroxylation is 1. The Labute approximate surface area is 97.1 Å². The molecule has 0 radical (unpaired) electrons. The maximum absolute atomic E-state index is 11.9. The van der Waals surface area contributed by atoms with Crippen molar-refractivity contribution in [3.8, 4) is 0 Å². The van der Waals surface area contributed by atoms with E-state index in [0.29, 0.717) is 6.54 Å². The first-order valence-corrected chi connectivity index (χ1v) is 5.87. The van der Waals surface area contributed by atoms with Crippen LogP contribution in [0.4, 0.5) is 0 Å². The quantitative estimate of drug-likeness (QED) is 0.843. The lowest BCUT2D eigenvalue weighted by Crippen LogP contribution is -2.41. The van der Waals surface area contributed by atoms with E-state index >= 15 is 0 Å². The normalized spacial score (nSPS) is 14.1. The number of aromatic nitrogens is 2. The first kappa shape index (κ1) is 13.0. The first-order valence-electron chi connectivity index (χ1n) is 5.87. The summed E-state index contributed by atoms with van der Waals surface area (Å²) in [6.07, 6.45) is 4.63. The Morgan fingerprint density at radius 3 is 2.38 bits per heavy atom. The van der Waals surface area contributed by atoms with Crippen molar-refractivity contribution in [3.63, 3.8) is 0 Å². The van der Waals surface area contributed by atoms with Gasteiger partial charge in [-0.25, -0.2) is 4.79 Å². The van der Waals surface area contributed by atoms with Crippen LogP contribution in [0.3, 0.4) is 0 Å². The van der Waals surface area contributed by atoms with Crippen LogP contribution in [-0.2, 0) is 13.1 Å². The van der Waals surface area contributed by atoms with Crippen LogP contribution in [0.25, 0.3) is 0 Å². The van der Waals surface area contributed by atoms with E-state index in [9.17, 15) is 4.79 Å². The van der Waals surface area contributed by atoms with Crippen molar-refractivity contribution in [1.29, 1.82) is 0 Å². The van der Waals surface area contributed by atoms with Crippen LogP contribution in [-0.4, -0.2) is 15.2 Å². The van der Waals surface area contributed by atoms with Crippen LogP contribution in [0, 0.1) is 5.41 Å². The summed E-state index contributed by atoms with van der Waals surface area (Å²) in [5, 5.41) is 0. The smallest absolute Gasteiger partial charge is 0.326 e. The first-order chi connectivity index (χ1) is 7.36. The van der Waals surface area contributed by atoms with Gasteiger partial charge < -0.3 is 5.73 Å². The monoisotopic (exact) mass is 225 g/mol. The van der Waals surface area contributed by atoms with Crippen molar-refractivity contribution >= 4 is 0 Å². The highest BCUT2D eigenvalue weighted by Crippen LogP contribution is 2.18. The number of rotatable bonds is 4. The zero-order valence-corrected chi connectivity index (χ0v) is 10.7. The van der Waals surface area contributed by atoms with Gasteiger partial charge in [-0.3, -0.25) is 9.13 Å². The molecule has 16 heavy (non-hydrogen) atoms. The highest BCUT2D eigenvalue weighted by molar-refractivity contribution is 4.85. The van der Waals surface area contributed by atoms with E-state index in [0.717, 1.165) is 13.0 Å². The minimum atomic E-state index is -0.0114. The summed E-state index contributed by atoms with van der Waals surface area (Å²) < 4.78 is 3.43. The van der Waals surface area contributed by atoms with Crippen LogP contribution < -0.4 is 11.4 Å². The van der Waals surface area contributed by atoms with Gasteiger partial charge in [-0.1, -0.05) is 27.7 Å². The van der Waals surface area contributed by atoms with Gasteiger partial charge in [-0.15, -0.1) is 0 Å². The zero-order chi connectivity index (χ0) is 12.3. The Morgan fingerprint density at radius 1 is 1.31 bits per heavy atom. The van der Waals surface area contributed by atoms with Crippen LogP contribution in [0.2, 0.25) is 0 Å². The number of nitrogens with zero attached hydrogens (tertiary/aromatic N) is 2. The largest absolute Gasteiger partial charge is 0.328 e. The van der Waals surface area contributed by atoms with Crippen molar-refractivity contribution in [2.24, 2.45) is 11.1 Å². The Morgan fingerprint density at radius 2 is 1.88 bits per heavy atom. The fourth-order valence-electron chi connectivity index (χ4n) is 1.49. The minimum Gasteiger partial charge on any atom is -0.326 e. The highest BCUT2D eigenvalue weighted by atomic mass is 16.1. The Hall–Kier alpha value is -1.03. The third-order valence-electron chi connectivity index (χ3n) is 2.89. The average molecular weight is 225 g/mol. The van der Waals surface area contributed by atoms with Gasteiger partial charge in [-0.05, 0) is 11.8 Å². The lowest BCUT2D eigenvalue weighted by Gasteiger charge is -2.26. The number of hydrogen-bond acceptors (Lipinski definition) is 2. The summed E-state index contributed by atoms with van der Waals surface area (Å²) in [6.45, 7) is 9.68. The second-order valence-corrected chi connectivity index (χ2v) is 5.40. The summed E-state index contributed by atoms with van der Waals surface area (Å²) in [4.78, 5) is 11.9. The number of imidazole rings is 1. The molecule has 2 N–H and O–H groups in total. The van der Waals surface area contributed by atoms with Crippen molar-refractivity contribution < 1.29 is 0 Å². The third kappa shape index (κ3) is 2.98. The van der Waals surface area contributed by atoms with Gasteiger partial charge >= 0.3 is 5.69 Å². The SMILES string of the molecule is CCCn1ccn(CC(N)C(C)(C)C)c1=O. The van der Waals surface area contributed by atoms with E-state index in [1.54, 1.807) is 9.13 Å². The summed E-state index contributed by atoms with van der Waals surface area (Å²) in [7, 11) is 0. The van der Waals surface area contributed by atoms with Crippen LogP contribution >= 0.6 is 0 Å². The number of hydrogen-bond donors (Lipinski definition) is 1. The predicted octanol–water partition coefficient (Wildman–Crippen LogP) is 1.43. The Balaban J connectivity index is 2.79. The maximum atomic E-state index is 11.9. The molecule has 0 spiro atoms. The molecule has 0 aliphatic rings. The number of nitrogens with two attached hydrogens (primary N) is 1. The molecule has 0 bridgehead atoms. The Kier molecular flexibility index (Phi) is 3.97. The molecule has 4 nitrogen and oxygen atoms in total. The van der Waals surface area contributed by atoms with Crippen molar-refractivity contribution in [2.75, 3.05) is 0 Å². The molecular weight excluding hydrogens is 202 g/mol. The van der Waals surface area contributed by atoms with Gasteiger partial charge in [0.25, 0.3) is 0 Å². The van der Waals surface area contributed by atoms with Crippen molar-refractivity contribution in [2.45, 2.75) is 53.2 Å². The molecule has 0 saturated carbocycles. The lowest BCUT2D eigenvalue weighted by molar-refractivity contribution is 0.288. The molecule has 92 valence electrons. The summed E-state index contributed by atoms with van der Waals surface area (Å²) >= 11 is 0. The molecule has 1 rings (SSSR count). The minimum absolute atomic E-state index is 0.0114. The van der Waals surface area contributed by atoms with Gasteiger partial charge in [0.2, 0.25) is 0 Å². The van der Waals surface area contributed by atoms with Gasteiger partial charge in [0.15, 0.2) is 0 Å². The fraction of sp³-hybridized carbons (Fsp3) is 0.750. The molecule has 4 heteroatoms. The second kappa shape index (κ2) is 4.87. The third-order valence-corrected chi connectivity index (χ3v) is 2.89. The van der Waals surface area contributed by atoms with Crippen LogP contribution in [0.15, 0.2) is 17.2 Å². The molecule has 0 aliphatic carbocycles. The molecule has 1 heterocycles. The summed E-state index contributed by atoms with van der Waals surface area (Å²) in [6, 6.07) is -0.0114. The molecule has 0 amide bonds. The molecule has 0 aromatic carbocycles. The van der Waals surface area contributed by atoms with Gasteiger partial charge in [0.1, 0.15) is 0 Å². The van der Waals surface area contributed by atoms with E-state index in [4.69, 9.17) is 5.73 Å². The summed E-state index contributed by atoms with van der Waals surface area (Å²) in [5.74, 6) is 0. The molecule has 1 atom stereocenters. The Bertz CT molecular complexity index is 384. The molecule has 0 aliphatic heterocycles. The van der Waals surface area contributed by atoms with E-state index in [-0.39, 0.29) is 17.1 Å². The maximum Gasteiger partial charge on any atom is 0.328 e. The van der Waals surface area contributed by atoms with Gasteiger partial charge in [-0.2, -0.15) is 0 Å². The molecule has 1 aromatic heterocycles. The standard InChI is InChI=1S/C12H23N3O/c1-5-6-14-7-8-15(11(14)16)9-10(13)12(2,3)4/h7-8,10H,5-6,9,13H2,1-4H3. The molecule has 0 fully saturated rings. The molecule has 0 saturated heterocycles. The van der Waals surface area contributed by atoms with E-state index in [2.05, 4.69) is 27.7 Å². The van der Waals surface area contributed by atoms with E-state index < -0.39 is 0 Å². The van der Waals surface area contributed by atoms with Gasteiger partial charge in [0.05, 0.1) is 0 Å².